The molecule has 0 fully saturated rings. The van der Waals surface area contributed by atoms with E-state index in [1.54, 1.807) is 0 Å². The van der Waals surface area contributed by atoms with Gasteiger partial charge in [0, 0.05) is 33.3 Å². The molecule has 0 aliphatic carbocycles. The molecular weight excluding hydrogens is 189 g/mol. The Hall–Kier alpha value is 1.48. The molecule has 0 heterocycles. The molecule has 0 aliphatic heterocycles. The maximum absolute atomic E-state index is 6.81. The van der Waals surface area contributed by atoms with Crippen LogP contribution in [0, 0.1) is 0 Å². The molecule has 0 bridgehead atoms. The second-order valence-corrected chi connectivity index (χ2v) is 0. The van der Waals surface area contributed by atoms with E-state index in [0.29, 0.717) is 0 Å². The van der Waals surface area contributed by atoms with Crippen molar-refractivity contribution in [2.45, 2.75) is 0 Å². The molecule has 0 aromatic heterocycles. The van der Waals surface area contributed by atoms with Crippen LogP contribution in [0.5, 0.6) is 0 Å². The third kappa shape index (κ3) is 9.77. The number of rotatable bonds is 0. The molecule has 0 aliphatic rings. The summed E-state index contributed by atoms with van der Waals surface area (Å²) < 4.78 is 6.81. The van der Waals surface area contributed by atoms with Crippen LogP contribution in [0.3, 0.4) is 0 Å². The summed E-state index contributed by atoms with van der Waals surface area (Å²) in [5.41, 5.74) is 0. The molecule has 0 aromatic carbocycles. The van der Waals surface area contributed by atoms with Crippen LogP contribution in [-0.2, 0) is 49.6 Å². The van der Waals surface area contributed by atoms with E-state index < -0.39 is 0 Å². The first-order valence-electron chi connectivity index (χ1n) is 0.169. The molecule has 33 valence electrons. The molecule has 0 saturated heterocycles. The van der Waals surface area contributed by atoms with Gasteiger partial charge >= 0.3 is 20.5 Å². The fourth-order valence-electron chi connectivity index (χ4n) is 0. The molecule has 0 unspecified atom stereocenters. The SMILES string of the molecule is [Co].[Ni].[OH][Mn]. The zero-order valence-electron chi connectivity index (χ0n) is 1.47. The van der Waals surface area contributed by atoms with Crippen LogP contribution >= 0.6 is 0 Å². The average Bonchev–Trinajstić information content (AvgIpc) is 1.00. The van der Waals surface area contributed by atoms with Gasteiger partial charge in [0.05, 0.1) is 0 Å². The quantitative estimate of drug-likeness (QED) is 0.507. The third-order valence-electron chi connectivity index (χ3n) is 0. The molecule has 1 nitrogen and oxygen atoms in total. The standard InChI is InChI=1S/Co.Mn.Ni.H2O/h;;;1H2/q;+1;;/p-1. The Morgan fingerprint density at radius 1 is 1.25 bits per heavy atom. The number of hydrogen-bond acceptors (Lipinski definition) is 1. The van der Waals surface area contributed by atoms with E-state index in [2.05, 4.69) is 0 Å². The van der Waals surface area contributed by atoms with Crippen molar-refractivity contribution >= 4 is 0 Å². The first-order chi connectivity index (χ1) is 1.00. The first kappa shape index (κ1) is 17.9. The Labute approximate surface area is 53.8 Å². The summed E-state index contributed by atoms with van der Waals surface area (Å²) in [6, 6.07) is 0. The molecule has 0 amide bonds. The van der Waals surface area contributed by atoms with Gasteiger partial charge in [0.2, 0.25) is 0 Å². The Morgan fingerprint density at radius 2 is 1.25 bits per heavy atom. The van der Waals surface area contributed by atoms with Crippen LogP contribution in [0.15, 0.2) is 0 Å². The van der Waals surface area contributed by atoms with Crippen molar-refractivity contribution in [2.75, 3.05) is 0 Å². The predicted molar refractivity (Wildman–Crippen MR) is 2.22 cm³/mol. The monoisotopic (exact) mass is 189 g/mol. The average molecular weight is 190 g/mol. The maximum atomic E-state index is 6.81. The summed E-state index contributed by atoms with van der Waals surface area (Å²) in [4.78, 5) is 0. The molecule has 4 heteroatoms. The zero-order valence-corrected chi connectivity index (χ0v) is 4.68. The van der Waals surface area contributed by atoms with Crippen molar-refractivity contribution < 1.29 is 53.8 Å². The normalized spacial score (nSPS) is 1.50. The second kappa shape index (κ2) is 24.8. The molecule has 0 saturated carbocycles. The number of hydrogen-bond donors (Lipinski definition) is 1. The summed E-state index contributed by atoms with van der Waals surface area (Å²) in [6.07, 6.45) is 0. The first-order valence-corrected chi connectivity index (χ1v) is 0.697. The van der Waals surface area contributed by atoms with Gasteiger partial charge in [-0.2, -0.15) is 0 Å². The topological polar surface area (TPSA) is 20.2 Å². The van der Waals surface area contributed by atoms with Gasteiger partial charge in [0.1, 0.15) is 0 Å². The van der Waals surface area contributed by atoms with Gasteiger partial charge in [0.25, 0.3) is 0 Å². The molecule has 0 atom stereocenters. The van der Waals surface area contributed by atoms with Gasteiger partial charge in [-0.3, -0.25) is 0 Å². The van der Waals surface area contributed by atoms with Crippen LogP contribution in [0.4, 0.5) is 0 Å². The van der Waals surface area contributed by atoms with Crippen molar-refractivity contribution in [1.29, 1.82) is 0 Å². The van der Waals surface area contributed by atoms with Crippen LogP contribution < -0.4 is 0 Å². The summed E-state index contributed by atoms with van der Waals surface area (Å²) in [5.74, 6) is 0. The fourth-order valence-corrected chi connectivity index (χ4v) is 0. The molecular formula is HCoMnNiO. The Balaban J connectivity index is -0.00000000500. The Kier molecular flexibility index (Phi) is 111. The van der Waals surface area contributed by atoms with Crippen LogP contribution in [0.2, 0.25) is 0 Å². The molecule has 4 heavy (non-hydrogen) atoms. The zero-order chi connectivity index (χ0) is 2.00. The van der Waals surface area contributed by atoms with Gasteiger partial charge in [-0.15, -0.1) is 0 Å². The molecule has 0 aromatic rings. The van der Waals surface area contributed by atoms with Crippen LogP contribution in [0.25, 0.3) is 0 Å². The van der Waals surface area contributed by atoms with E-state index >= 15 is 0 Å². The van der Waals surface area contributed by atoms with Gasteiger partial charge in [-0.25, -0.2) is 0 Å². The van der Waals surface area contributed by atoms with E-state index in [1.807, 2.05) is 16.3 Å². The Bertz CT molecular complexity index is 8.00. The molecule has 1 N–H and O–H groups in total. The molecule has 1 radical (unpaired) electrons. The van der Waals surface area contributed by atoms with E-state index in [9.17, 15) is 0 Å². The fraction of sp³-hybridized carbons (Fsp3) is 0. The van der Waals surface area contributed by atoms with Gasteiger partial charge in [-0.1, -0.05) is 0 Å². The van der Waals surface area contributed by atoms with E-state index in [1.165, 1.54) is 0 Å². The summed E-state index contributed by atoms with van der Waals surface area (Å²) in [7, 11) is 0. The van der Waals surface area contributed by atoms with Crippen molar-refractivity contribution in [3.8, 4) is 0 Å². The van der Waals surface area contributed by atoms with Gasteiger partial charge < -0.3 is 0 Å². The van der Waals surface area contributed by atoms with Crippen LogP contribution in [-0.4, -0.2) is 4.19 Å². The van der Waals surface area contributed by atoms with E-state index in [4.69, 9.17) is 4.19 Å². The summed E-state index contributed by atoms with van der Waals surface area (Å²) >= 11 is 1.94. The van der Waals surface area contributed by atoms with E-state index in [-0.39, 0.29) is 33.3 Å². The minimum absolute atomic E-state index is 0. The van der Waals surface area contributed by atoms with Crippen molar-refractivity contribution in [3.63, 3.8) is 0 Å². The van der Waals surface area contributed by atoms with Gasteiger partial charge in [-0.05, 0) is 0 Å². The minimum atomic E-state index is 0. The second-order valence-electron chi connectivity index (χ2n) is 0. The molecule has 0 spiro atoms. The molecule has 0 rings (SSSR count). The van der Waals surface area contributed by atoms with Gasteiger partial charge in [0.15, 0.2) is 0 Å². The Morgan fingerprint density at radius 3 is 1.25 bits per heavy atom. The third-order valence-corrected chi connectivity index (χ3v) is 0. The van der Waals surface area contributed by atoms with Crippen molar-refractivity contribution in [1.82, 2.24) is 0 Å². The van der Waals surface area contributed by atoms with Crippen molar-refractivity contribution in [3.05, 3.63) is 0 Å². The van der Waals surface area contributed by atoms with E-state index in [0.717, 1.165) is 0 Å². The summed E-state index contributed by atoms with van der Waals surface area (Å²) in [6.45, 7) is 0. The van der Waals surface area contributed by atoms with Crippen LogP contribution in [0.1, 0.15) is 0 Å². The predicted octanol–water partition coefficient (Wildman–Crippen LogP) is -0.565. The summed E-state index contributed by atoms with van der Waals surface area (Å²) in [5, 5.41) is 0. The van der Waals surface area contributed by atoms with Crippen molar-refractivity contribution in [2.24, 2.45) is 0 Å².